The van der Waals surface area contributed by atoms with Crippen molar-refractivity contribution in [2.45, 2.75) is 44.9 Å². The molecule has 0 radical (unpaired) electrons. The molecule has 4 rings (SSSR count). The van der Waals surface area contributed by atoms with Gasteiger partial charge in [0.15, 0.2) is 0 Å². The molecule has 2 aliphatic rings. The van der Waals surface area contributed by atoms with Gasteiger partial charge in [-0.25, -0.2) is 4.79 Å². The Balaban J connectivity index is 1.53. The van der Waals surface area contributed by atoms with E-state index in [2.05, 4.69) is 16.7 Å². The molecule has 1 aliphatic carbocycles. The number of thioether (sulfide) groups is 1. The lowest BCUT2D eigenvalue weighted by molar-refractivity contribution is -0.384. The highest BCUT2D eigenvalue weighted by Gasteiger charge is 2.31. The number of carbonyl (C=O) groups excluding carboxylic acids is 3. The second-order valence-electron chi connectivity index (χ2n) is 8.48. The van der Waals surface area contributed by atoms with Crippen molar-refractivity contribution in [3.63, 3.8) is 0 Å². The number of esters is 1. The summed E-state index contributed by atoms with van der Waals surface area (Å²) in [5.41, 5.74) is 1.92. The van der Waals surface area contributed by atoms with Crippen LogP contribution in [0.4, 0.5) is 10.7 Å². The molecule has 0 bridgehead atoms. The van der Waals surface area contributed by atoms with Crippen LogP contribution < -0.4 is 10.6 Å². The zero-order valence-corrected chi connectivity index (χ0v) is 21.6. The van der Waals surface area contributed by atoms with E-state index in [-0.39, 0.29) is 41.0 Å². The van der Waals surface area contributed by atoms with E-state index in [0.717, 1.165) is 47.9 Å². The van der Waals surface area contributed by atoms with E-state index in [1.165, 1.54) is 29.5 Å². The SMILES string of the molecule is CCOC(=O)c1c(NC(=O)CSC2=C(C#N)[C@H](c3cccc([N+](=O)[O-])c3)CC(=O)N2)sc2c1CCCC2. The van der Waals surface area contributed by atoms with Gasteiger partial charge in [0.2, 0.25) is 11.8 Å². The number of thiophene rings is 1. The van der Waals surface area contributed by atoms with Gasteiger partial charge in [0, 0.05) is 29.3 Å². The quantitative estimate of drug-likeness (QED) is 0.284. The molecular weight excluding hydrogens is 516 g/mol. The summed E-state index contributed by atoms with van der Waals surface area (Å²) in [4.78, 5) is 49.7. The van der Waals surface area contributed by atoms with Crippen molar-refractivity contribution >= 4 is 51.6 Å². The molecule has 0 saturated heterocycles. The van der Waals surface area contributed by atoms with Crippen LogP contribution in [-0.2, 0) is 27.2 Å². The highest BCUT2D eigenvalue weighted by molar-refractivity contribution is 8.03. The molecule has 2 amide bonds. The first kappa shape index (κ1) is 26.4. The molecule has 37 heavy (non-hydrogen) atoms. The van der Waals surface area contributed by atoms with E-state index in [4.69, 9.17) is 4.74 Å². The number of amides is 2. The van der Waals surface area contributed by atoms with Crippen LogP contribution in [-0.4, -0.2) is 35.1 Å². The molecule has 10 nitrogen and oxygen atoms in total. The summed E-state index contributed by atoms with van der Waals surface area (Å²) in [6.07, 6.45) is 3.56. The lowest BCUT2D eigenvalue weighted by Gasteiger charge is -2.24. The number of hydrogen-bond acceptors (Lipinski definition) is 9. The fourth-order valence-corrected chi connectivity index (χ4v) is 6.62. The van der Waals surface area contributed by atoms with Crippen LogP contribution in [0.15, 0.2) is 34.9 Å². The van der Waals surface area contributed by atoms with E-state index >= 15 is 0 Å². The van der Waals surface area contributed by atoms with Crippen molar-refractivity contribution in [2.75, 3.05) is 17.7 Å². The number of anilines is 1. The first-order chi connectivity index (χ1) is 17.8. The molecule has 2 N–H and O–H groups in total. The van der Waals surface area contributed by atoms with E-state index in [1.54, 1.807) is 13.0 Å². The average molecular weight is 541 g/mol. The predicted molar refractivity (Wildman–Crippen MR) is 139 cm³/mol. The second-order valence-corrected chi connectivity index (χ2v) is 10.6. The van der Waals surface area contributed by atoms with Crippen molar-refractivity contribution in [2.24, 2.45) is 0 Å². The van der Waals surface area contributed by atoms with Crippen LogP contribution in [0.1, 0.15) is 58.5 Å². The van der Waals surface area contributed by atoms with E-state index in [1.807, 2.05) is 0 Å². The van der Waals surface area contributed by atoms with Crippen molar-refractivity contribution in [1.29, 1.82) is 5.26 Å². The molecule has 2 aromatic rings. The number of rotatable bonds is 8. The highest BCUT2D eigenvalue weighted by Crippen LogP contribution is 2.40. The largest absolute Gasteiger partial charge is 0.462 e. The minimum absolute atomic E-state index is 0.0377. The molecule has 192 valence electrons. The lowest BCUT2D eigenvalue weighted by Crippen LogP contribution is -2.31. The van der Waals surface area contributed by atoms with Crippen LogP contribution >= 0.6 is 23.1 Å². The first-order valence-electron chi connectivity index (χ1n) is 11.7. The molecule has 0 unspecified atom stereocenters. The molecule has 0 saturated carbocycles. The van der Waals surface area contributed by atoms with Gasteiger partial charge in [0.25, 0.3) is 5.69 Å². The maximum atomic E-state index is 12.9. The second kappa shape index (κ2) is 11.6. The molecular formula is C25H24N4O6S2. The number of fused-ring (bicyclic) bond motifs is 1. The topological polar surface area (TPSA) is 151 Å². The summed E-state index contributed by atoms with van der Waals surface area (Å²) in [5.74, 6) is -1.99. The van der Waals surface area contributed by atoms with E-state index < -0.39 is 22.7 Å². The Hall–Kier alpha value is -3.69. The standard InChI is InChI=1S/C25H24N4O6S2/c1-2-35-25(32)22-16-8-3-4-9-19(16)37-24(22)28-21(31)13-36-23-18(12-26)17(11-20(30)27-23)14-6-5-7-15(10-14)29(33)34/h5-7,10,17H,2-4,8-9,11,13H2,1H3,(H,27,30)(H,28,31)/t17-/m0/s1. The summed E-state index contributed by atoms with van der Waals surface area (Å²) < 4.78 is 5.23. The maximum absolute atomic E-state index is 12.9. The van der Waals surface area contributed by atoms with Crippen LogP contribution in [0.5, 0.6) is 0 Å². The third-order valence-electron chi connectivity index (χ3n) is 6.09. The van der Waals surface area contributed by atoms with Crippen LogP contribution in [0.2, 0.25) is 0 Å². The average Bonchev–Trinajstić information content (AvgIpc) is 3.25. The summed E-state index contributed by atoms with van der Waals surface area (Å²) in [7, 11) is 0. The Morgan fingerprint density at radius 1 is 1.35 bits per heavy atom. The van der Waals surface area contributed by atoms with Gasteiger partial charge in [-0.05, 0) is 43.7 Å². The van der Waals surface area contributed by atoms with Gasteiger partial charge in [-0.15, -0.1) is 11.3 Å². The zero-order valence-electron chi connectivity index (χ0n) is 20.0. The monoisotopic (exact) mass is 540 g/mol. The van der Waals surface area contributed by atoms with Crippen molar-refractivity contribution in [3.05, 3.63) is 66.5 Å². The van der Waals surface area contributed by atoms with Crippen molar-refractivity contribution in [3.8, 4) is 6.07 Å². The number of nitriles is 1. The number of allylic oxidation sites excluding steroid dienone is 1. The number of nitrogens with zero attached hydrogens (tertiary/aromatic N) is 2. The number of benzene rings is 1. The van der Waals surface area contributed by atoms with Gasteiger partial charge in [-0.2, -0.15) is 5.26 Å². The van der Waals surface area contributed by atoms with Gasteiger partial charge >= 0.3 is 5.97 Å². The third kappa shape index (κ3) is 5.84. The molecule has 1 aliphatic heterocycles. The number of nitrogens with one attached hydrogen (secondary N) is 2. The number of non-ortho nitro benzene ring substituents is 1. The number of hydrogen-bond donors (Lipinski definition) is 2. The Kier molecular flexibility index (Phi) is 8.25. The van der Waals surface area contributed by atoms with Crippen LogP contribution in [0, 0.1) is 21.4 Å². The third-order valence-corrected chi connectivity index (χ3v) is 8.32. The molecule has 1 atom stereocenters. The number of aryl methyl sites for hydroxylation is 1. The Labute approximate surface area is 221 Å². The van der Waals surface area contributed by atoms with E-state index in [0.29, 0.717) is 16.1 Å². The first-order valence-corrected chi connectivity index (χ1v) is 13.5. The number of nitro benzene ring substituents is 1. The van der Waals surface area contributed by atoms with Gasteiger partial charge in [0.1, 0.15) is 5.00 Å². The van der Waals surface area contributed by atoms with Crippen molar-refractivity contribution < 1.29 is 24.0 Å². The highest BCUT2D eigenvalue weighted by atomic mass is 32.2. The molecule has 0 spiro atoms. The van der Waals surface area contributed by atoms with Gasteiger partial charge in [-0.1, -0.05) is 23.9 Å². The summed E-state index contributed by atoms with van der Waals surface area (Å²) >= 11 is 2.38. The lowest BCUT2D eigenvalue weighted by atomic mass is 9.87. The number of ether oxygens (including phenoxy) is 1. The predicted octanol–water partition coefficient (Wildman–Crippen LogP) is 4.42. The summed E-state index contributed by atoms with van der Waals surface area (Å²) in [5, 5.41) is 27.2. The Bertz CT molecular complexity index is 1340. The van der Waals surface area contributed by atoms with Crippen molar-refractivity contribution in [1.82, 2.24) is 5.32 Å². The molecule has 1 aromatic heterocycles. The summed E-state index contributed by atoms with van der Waals surface area (Å²) in [6, 6.07) is 7.94. The van der Waals surface area contributed by atoms with Gasteiger partial charge in [0.05, 0.1) is 39.5 Å². The van der Waals surface area contributed by atoms with Gasteiger partial charge < -0.3 is 15.4 Å². The normalized spacial score (nSPS) is 16.9. The van der Waals surface area contributed by atoms with E-state index in [9.17, 15) is 29.8 Å². The molecule has 2 heterocycles. The fraction of sp³-hybridized carbons (Fsp3) is 0.360. The minimum atomic E-state index is -0.663. The summed E-state index contributed by atoms with van der Waals surface area (Å²) in [6.45, 7) is 1.95. The Morgan fingerprint density at radius 3 is 2.86 bits per heavy atom. The maximum Gasteiger partial charge on any atom is 0.341 e. The molecule has 1 aromatic carbocycles. The molecule has 12 heteroatoms. The van der Waals surface area contributed by atoms with Crippen LogP contribution in [0.25, 0.3) is 0 Å². The smallest absolute Gasteiger partial charge is 0.341 e. The number of nitro groups is 1. The Morgan fingerprint density at radius 2 is 2.14 bits per heavy atom. The zero-order chi connectivity index (χ0) is 26.5. The molecule has 0 fully saturated rings. The van der Waals surface area contributed by atoms with Gasteiger partial charge in [-0.3, -0.25) is 19.7 Å². The fourth-order valence-electron chi connectivity index (χ4n) is 4.45. The number of carbonyl (C=O) groups is 3. The minimum Gasteiger partial charge on any atom is -0.462 e. The van der Waals surface area contributed by atoms with Crippen LogP contribution in [0.3, 0.4) is 0 Å².